The molecule has 1 spiro atoms. The Bertz CT molecular complexity index is 251. The van der Waals surface area contributed by atoms with Gasteiger partial charge in [0, 0.05) is 12.6 Å². The zero-order valence-electron chi connectivity index (χ0n) is 9.49. The quantitative estimate of drug-likeness (QED) is 0.693. The van der Waals surface area contributed by atoms with E-state index in [0.29, 0.717) is 24.0 Å². The van der Waals surface area contributed by atoms with Crippen molar-refractivity contribution in [3.8, 4) is 0 Å². The number of aliphatic hydroxyl groups is 1. The van der Waals surface area contributed by atoms with E-state index in [1.54, 1.807) is 0 Å². The molecule has 0 heterocycles. The van der Waals surface area contributed by atoms with E-state index in [4.69, 9.17) is 5.73 Å². The second-order valence-corrected chi connectivity index (χ2v) is 6.17. The van der Waals surface area contributed by atoms with Crippen molar-refractivity contribution >= 4 is 0 Å². The Kier molecular flexibility index (Phi) is 2.33. The molecule has 0 amide bonds. The smallest absolute Gasteiger partial charge is 0.0459 e. The highest BCUT2D eigenvalue weighted by Gasteiger charge is 2.57. The van der Waals surface area contributed by atoms with Crippen LogP contribution in [0.25, 0.3) is 0 Å². The molecule has 3 aliphatic rings. The van der Waals surface area contributed by atoms with Crippen LogP contribution in [0.1, 0.15) is 44.9 Å². The van der Waals surface area contributed by atoms with E-state index in [0.717, 1.165) is 11.8 Å². The number of rotatable bonds is 1. The van der Waals surface area contributed by atoms with Crippen molar-refractivity contribution in [2.45, 2.75) is 51.0 Å². The first kappa shape index (κ1) is 10.1. The Hall–Kier alpha value is -0.0800. The summed E-state index contributed by atoms with van der Waals surface area (Å²) in [7, 11) is 0. The van der Waals surface area contributed by atoms with Crippen molar-refractivity contribution in [1.29, 1.82) is 0 Å². The molecule has 3 saturated carbocycles. The fourth-order valence-corrected chi connectivity index (χ4v) is 4.90. The van der Waals surface area contributed by atoms with Gasteiger partial charge in [-0.1, -0.05) is 6.42 Å². The predicted molar refractivity (Wildman–Crippen MR) is 60.3 cm³/mol. The van der Waals surface area contributed by atoms with Gasteiger partial charge in [0.05, 0.1) is 0 Å². The average Bonchev–Trinajstić information content (AvgIpc) is 2.84. The fourth-order valence-electron chi connectivity index (χ4n) is 4.90. The van der Waals surface area contributed by atoms with Gasteiger partial charge >= 0.3 is 0 Å². The second kappa shape index (κ2) is 3.46. The lowest BCUT2D eigenvalue weighted by molar-refractivity contribution is 0.0292. The maximum atomic E-state index is 9.35. The van der Waals surface area contributed by atoms with Crippen LogP contribution >= 0.6 is 0 Å². The molecule has 0 radical (unpaired) electrons. The summed E-state index contributed by atoms with van der Waals surface area (Å²) in [6, 6.07) is 0.450. The minimum Gasteiger partial charge on any atom is -0.396 e. The highest BCUT2D eigenvalue weighted by Crippen LogP contribution is 2.61. The van der Waals surface area contributed by atoms with Gasteiger partial charge in [0.2, 0.25) is 0 Å². The largest absolute Gasteiger partial charge is 0.396 e. The molecule has 3 rings (SSSR count). The van der Waals surface area contributed by atoms with Crippen LogP contribution in [0.2, 0.25) is 0 Å². The van der Waals surface area contributed by atoms with Crippen LogP contribution in [0.4, 0.5) is 0 Å². The molecule has 2 nitrogen and oxygen atoms in total. The van der Waals surface area contributed by atoms with Crippen molar-refractivity contribution in [2.75, 3.05) is 6.61 Å². The van der Waals surface area contributed by atoms with Gasteiger partial charge < -0.3 is 10.8 Å². The normalized spacial score (nSPS) is 54.0. The number of hydrogen-bond donors (Lipinski definition) is 2. The lowest BCUT2D eigenvalue weighted by Crippen LogP contribution is -2.49. The van der Waals surface area contributed by atoms with Gasteiger partial charge in [-0.05, 0) is 61.7 Å². The van der Waals surface area contributed by atoms with Crippen LogP contribution < -0.4 is 5.73 Å². The minimum absolute atomic E-state index is 0.381. The van der Waals surface area contributed by atoms with Crippen LogP contribution in [0.5, 0.6) is 0 Å². The Morgan fingerprint density at radius 1 is 1.27 bits per heavy atom. The maximum Gasteiger partial charge on any atom is 0.0459 e. The molecule has 0 aliphatic heterocycles. The number of nitrogens with two attached hydrogens (primary N) is 1. The topological polar surface area (TPSA) is 46.2 Å². The third kappa shape index (κ3) is 1.31. The SMILES string of the molecule is N[C@@H]1[C@@H]2CCC(C2)C12CCCC(CO)C2. The molecule has 3 fully saturated rings. The van der Waals surface area contributed by atoms with Crippen LogP contribution in [0, 0.1) is 23.2 Å². The molecule has 3 aliphatic carbocycles. The summed E-state index contributed by atoms with van der Waals surface area (Å²) in [5.74, 6) is 2.25. The molecular formula is C13H23NO. The monoisotopic (exact) mass is 209 g/mol. The van der Waals surface area contributed by atoms with Gasteiger partial charge in [0.25, 0.3) is 0 Å². The van der Waals surface area contributed by atoms with Crippen LogP contribution in [-0.4, -0.2) is 17.8 Å². The molecule has 2 bridgehead atoms. The van der Waals surface area contributed by atoms with E-state index < -0.39 is 0 Å². The lowest BCUT2D eigenvalue weighted by atomic mass is 9.60. The van der Waals surface area contributed by atoms with Crippen molar-refractivity contribution in [3.63, 3.8) is 0 Å². The van der Waals surface area contributed by atoms with E-state index in [-0.39, 0.29) is 0 Å². The molecule has 0 saturated heterocycles. The Morgan fingerprint density at radius 3 is 2.80 bits per heavy atom. The average molecular weight is 209 g/mol. The maximum absolute atomic E-state index is 9.35. The molecule has 0 aromatic carbocycles. The molecular weight excluding hydrogens is 186 g/mol. The molecule has 86 valence electrons. The zero-order valence-corrected chi connectivity index (χ0v) is 9.49. The fraction of sp³-hybridized carbons (Fsp3) is 1.00. The van der Waals surface area contributed by atoms with E-state index in [1.807, 2.05) is 0 Å². The molecule has 15 heavy (non-hydrogen) atoms. The van der Waals surface area contributed by atoms with E-state index in [1.165, 1.54) is 44.9 Å². The van der Waals surface area contributed by atoms with Gasteiger partial charge in [-0.2, -0.15) is 0 Å². The van der Waals surface area contributed by atoms with Gasteiger partial charge in [0.1, 0.15) is 0 Å². The van der Waals surface area contributed by atoms with Crippen molar-refractivity contribution in [2.24, 2.45) is 28.9 Å². The first-order valence-corrected chi connectivity index (χ1v) is 6.63. The molecule has 5 atom stereocenters. The highest BCUT2D eigenvalue weighted by molar-refractivity contribution is 5.09. The van der Waals surface area contributed by atoms with Gasteiger partial charge in [-0.25, -0.2) is 0 Å². The van der Waals surface area contributed by atoms with Crippen LogP contribution in [0.15, 0.2) is 0 Å². The molecule has 2 heteroatoms. The summed E-state index contributed by atoms with van der Waals surface area (Å²) in [6.07, 6.45) is 9.25. The summed E-state index contributed by atoms with van der Waals surface area (Å²) in [4.78, 5) is 0. The summed E-state index contributed by atoms with van der Waals surface area (Å²) < 4.78 is 0. The van der Waals surface area contributed by atoms with Crippen molar-refractivity contribution in [3.05, 3.63) is 0 Å². The minimum atomic E-state index is 0.381. The van der Waals surface area contributed by atoms with Crippen molar-refractivity contribution < 1.29 is 5.11 Å². The predicted octanol–water partition coefficient (Wildman–Crippen LogP) is 1.91. The van der Waals surface area contributed by atoms with Crippen LogP contribution in [0.3, 0.4) is 0 Å². The highest BCUT2D eigenvalue weighted by atomic mass is 16.3. The summed E-state index contributed by atoms with van der Waals surface area (Å²) >= 11 is 0. The Balaban J connectivity index is 1.83. The molecule has 0 aromatic heterocycles. The molecule has 3 unspecified atom stereocenters. The zero-order chi connectivity index (χ0) is 10.5. The summed E-state index contributed by atoms with van der Waals surface area (Å²) in [5, 5.41) is 9.35. The van der Waals surface area contributed by atoms with E-state index in [9.17, 15) is 5.11 Å². The number of fused-ring (bicyclic) bond motifs is 3. The Labute approximate surface area is 92.2 Å². The van der Waals surface area contributed by atoms with Gasteiger partial charge in [-0.15, -0.1) is 0 Å². The van der Waals surface area contributed by atoms with Crippen LogP contribution in [-0.2, 0) is 0 Å². The summed E-state index contributed by atoms with van der Waals surface area (Å²) in [6.45, 7) is 0.381. The second-order valence-electron chi connectivity index (χ2n) is 6.17. The van der Waals surface area contributed by atoms with Gasteiger partial charge in [0.15, 0.2) is 0 Å². The lowest BCUT2D eigenvalue weighted by Gasteiger charge is -2.47. The first-order chi connectivity index (χ1) is 7.26. The van der Waals surface area contributed by atoms with E-state index in [2.05, 4.69) is 0 Å². The first-order valence-electron chi connectivity index (χ1n) is 6.63. The molecule has 3 N–H and O–H groups in total. The number of hydrogen-bond acceptors (Lipinski definition) is 2. The third-order valence-corrected chi connectivity index (χ3v) is 5.64. The summed E-state index contributed by atoms with van der Waals surface area (Å²) in [5.41, 5.74) is 6.90. The third-order valence-electron chi connectivity index (χ3n) is 5.64. The number of aliphatic hydroxyl groups excluding tert-OH is 1. The van der Waals surface area contributed by atoms with Gasteiger partial charge in [-0.3, -0.25) is 0 Å². The standard InChI is InChI=1S/C13H23NO/c14-12-10-3-4-11(6-10)13(12)5-1-2-9(7-13)8-15/h9-12,15H,1-8,14H2/t9?,10-,11?,12-,13?/m1/s1. The Morgan fingerprint density at radius 2 is 2.13 bits per heavy atom. The van der Waals surface area contributed by atoms with Crippen molar-refractivity contribution in [1.82, 2.24) is 0 Å². The van der Waals surface area contributed by atoms with E-state index >= 15 is 0 Å². The molecule has 0 aromatic rings.